The van der Waals surface area contributed by atoms with Gasteiger partial charge in [-0.1, -0.05) is 54.4 Å². The first-order valence-electron chi connectivity index (χ1n) is 45.4. The van der Waals surface area contributed by atoms with E-state index in [9.17, 15) is 24.9 Å². The van der Waals surface area contributed by atoms with Crippen LogP contribution in [-0.2, 0) is 79.7 Å². The van der Waals surface area contributed by atoms with Crippen molar-refractivity contribution in [1.82, 2.24) is 57.5 Å². The number of aryl methyl sites for hydroxylation is 6. The van der Waals surface area contributed by atoms with Crippen molar-refractivity contribution in [2.45, 2.75) is 411 Å². The van der Waals surface area contributed by atoms with E-state index >= 15 is 0 Å². The second kappa shape index (κ2) is 53.3. The molecule has 0 radical (unpaired) electrons. The van der Waals surface area contributed by atoms with Gasteiger partial charge >= 0.3 is 0 Å². The molecule has 7 aliphatic carbocycles. The summed E-state index contributed by atoms with van der Waals surface area (Å²) in [5.41, 5.74) is 31.3. The van der Waals surface area contributed by atoms with Crippen LogP contribution >= 0.6 is 0 Å². The predicted octanol–water partition coefficient (Wildman–Crippen LogP) is 7.98. The highest BCUT2D eigenvalue weighted by Crippen LogP contribution is 2.43. The number of H-pyrrole nitrogens is 3. The number of hydrogen-bond acceptors (Lipinski definition) is 23. The number of carbonyl (C=O) groups is 2. The molecule has 0 bridgehead atoms. The number of nitrogens with two attached hydrogens (primary N) is 3. The van der Waals surface area contributed by atoms with Crippen molar-refractivity contribution >= 4 is 11.6 Å². The molecule has 0 spiro atoms. The maximum absolute atomic E-state index is 11.3. The number of fused-ring (bicyclic) bond motifs is 3. The first kappa shape index (κ1) is 102. The van der Waals surface area contributed by atoms with E-state index in [4.69, 9.17) is 51.8 Å². The third-order valence-electron chi connectivity index (χ3n) is 24.9. The van der Waals surface area contributed by atoms with Crippen LogP contribution in [0, 0.1) is 20.8 Å². The van der Waals surface area contributed by atoms with Gasteiger partial charge in [0.05, 0.1) is 46.2 Å². The molecule has 26 nitrogen and oxygen atoms in total. The second-order valence-electron chi connectivity index (χ2n) is 34.6. The predicted molar refractivity (Wildman–Crippen MR) is 464 cm³/mol. The minimum Gasteiger partial charge on any atom is -0.395 e. The highest BCUT2D eigenvalue weighted by atomic mass is 16.6. The van der Waals surface area contributed by atoms with Gasteiger partial charge in [-0.3, -0.25) is 9.59 Å². The van der Waals surface area contributed by atoms with Crippen molar-refractivity contribution in [3.8, 4) is 0 Å². The Bertz CT molecular complexity index is 3050. The Balaban J connectivity index is 0.000000255. The number of Topliss-reactive ketones (excluding diaryl/α,β-unsaturated/α-hetero) is 2. The molecule has 4 saturated carbocycles. The Morgan fingerprint density at radius 1 is 0.400 bits per heavy atom. The van der Waals surface area contributed by atoms with Gasteiger partial charge in [-0.25, -0.2) is 0 Å². The Morgan fingerprint density at radius 2 is 0.678 bits per heavy atom. The lowest BCUT2D eigenvalue weighted by atomic mass is 9.88. The molecule has 666 valence electrons. The molecular formula is C89H168N14O12. The van der Waals surface area contributed by atoms with Crippen LogP contribution in [0.2, 0.25) is 0 Å². The molecule has 0 aliphatic heterocycles. The van der Waals surface area contributed by atoms with Crippen LogP contribution in [0.25, 0.3) is 0 Å². The Morgan fingerprint density at radius 3 is 0.965 bits per heavy atom. The number of carbonyl (C=O) groups excluding carboxylic acids is 2. The highest BCUT2D eigenvalue weighted by molar-refractivity contribution is 5.80. The zero-order chi connectivity index (χ0) is 84.8. The van der Waals surface area contributed by atoms with Crippen LogP contribution in [0.4, 0.5) is 0 Å². The standard InChI is InChI=1S/C26H41N3O4.C16H36N4.C15H26N2O3.C12H26N2O2.C11H22N2O.C9H17NO2/c1-5-19-17(3)28-21-9-7-11-25(30,23(19)21)32-15-13-27-14-16-33-26(31)12-8-10-22-24(26)20(6-2)18(4)29-22;1-5-15(17)11(3)19-13-8-7-9-14(10-13)20-12(4)16(18)6-2;1-3-12-11(2)17-13-5-4-6-15(19,14(12)13)20-10-8-16-7-9-18;1-9(7-15)13-11-4-3-5-12(6-11)14-10(2)8-16;1-3-11(12)8(2)13-9-5-4-6-10(14)7-9;1-7(6-11)10-8-3-2-4-9(12)5-8/h27-31H,5-16H2,1-4H3;11-16,19-20H,5-10,17-18H2,1-4H3;16-19H,3-10H2,1-2H3;9-16H,3-8H2,1-2H3;8-9,11,13H,3-7,12H2,1-2H3;7-8,10-11H,2-6H2,1H3. The largest absolute Gasteiger partial charge is 0.395 e. The van der Waals surface area contributed by atoms with Crippen LogP contribution in [0.5, 0.6) is 0 Å². The number of aliphatic hydroxyl groups excluding tert-OH is 4. The summed E-state index contributed by atoms with van der Waals surface area (Å²) < 4.78 is 17.8. The van der Waals surface area contributed by atoms with Crippen molar-refractivity contribution in [2.75, 3.05) is 72.4 Å². The highest BCUT2D eigenvalue weighted by Gasteiger charge is 2.42. The van der Waals surface area contributed by atoms with Crippen LogP contribution < -0.4 is 59.7 Å². The average Bonchev–Trinajstić information content (AvgIpc) is 1.64. The zero-order valence-electron chi connectivity index (χ0n) is 74.3. The maximum atomic E-state index is 11.3. The van der Waals surface area contributed by atoms with Crippen LogP contribution in [0.15, 0.2) is 0 Å². The van der Waals surface area contributed by atoms with Gasteiger partial charge in [0.1, 0.15) is 11.6 Å². The first-order valence-corrected chi connectivity index (χ1v) is 45.4. The molecule has 0 aromatic carbocycles. The van der Waals surface area contributed by atoms with Crippen molar-refractivity contribution in [3.63, 3.8) is 0 Å². The smallest absolute Gasteiger partial charge is 0.194 e. The molecule has 18 unspecified atom stereocenters. The summed E-state index contributed by atoms with van der Waals surface area (Å²) in [4.78, 5) is 32.5. The minimum absolute atomic E-state index is 0.112. The van der Waals surface area contributed by atoms with Crippen LogP contribution in [0.3, 0.4) is 0 Å². The van der Waals surface area contributed by atoms with Gasteiger partial charge < -0.3 is 125 Å². The summed E-state index contributed by atoms with van der Waals surface area (Å²) in [6.07, 6.45) is 30.0. The number of rotatable bonds is 38. The molecule has 4 fully saturated rings. The van der Waals surface area contributed by atoms with Gasteiger partial charge in [0.25, 0.3) is 0 Å². The van der Waals surface area contributed by atoms with Crippen LogP contribution in [0.1, 0.15) is 311 Å². The van der Waals surface area contributed by atoms with E-state index in [1.807, 2.05) is 20.8 Å². The number of ketones is 2. The molecule has 7 aliphatic rings. The van der Waals surface area contributed by atoms with E-state index in [0.717, 1.165) is 173 Å². The van der Waals surface area contributed by atoms with Gasteiger partial charge in [-0.2, -0.15) is 0 Å². The average molecular weight is 1630 g/mol. The molecule has 26 heteroatoms. The molecule has 3 heterocycles. The number of nitrogens with one attached hydrogen (secondary N) is 11. The number of ether oxygens (including phenoxy) is 3. The monoisotopic (exact) mass is 1630 g/mol. The van der Waals surface area contributed by atoms with Crippen molar-refractivity contribution in [1.29, 1.82) is 0 Å². The molecule has 115 heavy (non-hydrogen) atoms. The van der Waals surface area contributed by atoms with E-state index in [0.29, 0.717) is 144 Å². The van der Waals surface area contributed by atoms with E-state index in [-0.39, 0.29) is 62.7 Å². The lowest BCUT2D eigenvalue weighted by Gasteiger charge is -2.36. The van der Waals surface area contributed by atoms with Gasteiger partial charge in [0.15, 0.2) is 17.4 Å². The molecule has 0 saturated heterocycles. The lowest BCUT2D eigenvalue weighted by molar-refractivity contribution is -0.223. The van der Waals surface area contributed by atoms with E-state index in [2.05, 4.69) is 141 Å². The molecule has 10 rings (SSSR count). The van der Waals surface area contributed by atoms with Crippen molar-refractivity contribution < 1.29 is 59.5 Å². The summed E-state index contributed by atoms with van der Waals surface area (Å²) in [6, 6.07) is 5.17. The molecule has 24 N–H and O–H groups in total. The number of hydrogen-bond donors (Lipinski definition) is 21. The fourth-order valence-corrected chi connectivity index (χ4v) is 18.3. The Hall–Kier alpha value is -3.66. The zero-order valence-corrected chi connectivity index (χ0v) is 74.3. The van der Waals surface area contributed by atoms with E-state index < -0.39 is 17.4 Å². The van der Waals surface area contributed by atoms with E-state index in [1.165, 1.54) is 61.6 Å². The quantitative estimate of drug-likeness (QED) is 0.0191. The maximum Gasteiger partial charge on any atom is 0.194 e. The van der Waals surface area contributed by atoms with Gasteiger partial charge in [0.2, 0.25) is 0 Å². The molecule has 18 atom stereocenters. The normalized spacial score (nSPS) is 26.4. The Labute approximate surface area is 693 Å². The number of aromatic amines is 3. The minimum atomic E-state index is -1.21. The fraction of sp³-hybridized carbons (Fsp3) is 0.843. The summed E-state index contributed by atoms with van der Waals surface area (Å²) in [7, 11) is 0. The van der Waals surface area contributed by atoms with Gasteiger partial charge in [0, 0.05) is 213 Å². The summed E-state index contributed by atoms with van der Waals surface area (Å²) >= 11 is 0. The topological polar surface area (TPSA) is 425 Å². The van der Waals surface area contributed by atoms with Gasteiger partial charge in [-0.15, -0.1) is 0 Å². The number of aromatic nitrogens is 3. The first-order chi connectivity index (χ1) is 54.9. The third kappa shape index (κ3) is 33.3. The number of aliphatic hydroxyl groups is 7. The molecule has 0 amide bonds. The SMILES string of the molecule is CC(CO)NC1CCCC(=O)C1.CC(CO)NC1CCCC(NC(C)CO)C1.CCC(N)C(C)NC1CCCC(=O)C1.CCC(N)C(C)NC1CCCC(NC(C)C(N)CC)C1.CCc1c(C)[nH]c2c1C(O)(OCCNCCO)CCC2.CCc1c(C)[nH]c2c1C(O)(OCCNCCOC1(O)CCCc3[nH]c(C)c(CC)c31)CCC2. The Kier molecular flexibility index (Phi) is 47.2. The summed E-state index contributed by atoms with van der Waals surface area (Å²) in [6.45, 7) is 35.7. The lowest BCUT2D eigenvalue weighted by Crippen LogP contribution is -2.53. The van der Waals surface area contributed by atoms with E-state index in [1.54, 1.807) is 0 Å². The fourth-order valence-electron chi connectivity index (χ4n) is 18.3. The summed E-state index contributed by atoms with van der Waals surface area (Å²) in [5.74, 6) is -2.84. The molecular weight excluding hydrogens is 1460 g/mol. The van der Waals surface area contributed by atoms with Crippen molar-refractivity contribution in [2.24, 2.45) is 17.2 Å². The van der Waals surface area contributed by atoms with Gasteiger partial charge in [-0.05, 0) is 220 Å². The second-order valence-corrected chi connectivity index (χ2v) is 34.6. The van der Waals surface area contributed by atoms with Crippen LogP contribution in [-0.4, -0.2) is 225 Å². The third-order valence-corrected chi connectivity index (χ3v) is 24.9. The molecule has 3 aromatic rings. The van der Waals surface area contributed by atoms with Crippen molar-refractivity contribution in [3.05, 3.63) is 67.5 Å². The molecule has 3 aromatic heterocycles. The summed E-state index contributed by atoms with van der Waals surface area (Å²) in [5, 5.41) is 96.3.